The predicted molar refractivity (Wildman–Crippen MR) is 100 cm³/mol. The minimum Gasteiger partial charge on any atom is -0.356 e. The van der Waals surface area contributed by atoms with Gasteiger partial charge in [-0.2, -0.15) is 0 Å². The van der Waals surface area contributed by atoms with Crippen LogP contribution in [0.1, 0.15) is 44.7 Å². The Bertz CT molecular complexity index is 832. The lowest BCUT2D eigenvalue weighted by molar-refractivity contribution is 0.0535. The van der Waals surface area contributed by atoms with Crippen LogP contribution in [0.15, 0.2) is 36.7 Å². The highest BCUT2D eigenvalue weighted by Gasteiger charge is 2.26. The third kappa shape index (κ3) is 3.26. The molecular weight excluding hydrogens is 326 g/mol. The molecule has 5 heteroatoms. The Hall–Kier alpha value is -2.56. The van der Waals surface area contributed by atoms with Crippen molar-refractivity contribution in [1.82, 2.24) is 14.4 Å². The fourth-order valence-corrected chi connectivity index (χ4v) is 3.97. The first-order chi connectivity index (χ1) is 12.6. The second-order valence-electron chi connectivity index (χ2n) is 7.34. The minimum atomic E-state index is 0.0477. The number of fused-ring (bicyclic) bond motifs is 1. The largest absolute Gasteiger partial charge is 0.356 e. The normalized spacial score (nSPS) is 17.1. The summed E-state index contributed by atoms with van der Waals surface area (Å²) < 4.78 is 1.88. The highest BCUT2D eigenvalue weighted by atomic mass is 16.2. The number of nitrogens with zero attached hydrogens (tertiary/aromatic N) is 3. The average Bonchev–Trinajstić information content (AvgIpc) is 3.13. The highest BCUT2D eigenvalue weighted by molar-refractivity contribution is 5.96. The first kappa shape index (κ1) is 16.9. The van der Waals surface area contributed by atoms with Gasteiger partial charge in [-0.05, 0) is 55.0 Å². The van der Waals surface area contributed by atoms with Crippen LogP contribution in [-0.2, 0) is 19.9 Å². The molecule has 1 saturated heterocycles. The van der Waals surface area contributed by atoms with E-state index in [9.17, 15) is 9.59 Å². The molecule has 0 atom stereocenters. The Morgan fingerprint density at radius 3 is 2.04 bits per heavy atom. The van der Waals surface area contributed by atoms with Crippen molar-refractivity contribution in [2.75, 3.05) is 26.2 Å². The van der Waals surface area contributed by atoms with Crippen LogP contribution in [0.25, 0.3) is 0 Å². The van der Waals surface area contributed by atoms with Crippen molar-refractivity contribution in [3.8, 4) is 0 Å². The molecule has 1 fully saturated rings. The maximum Gasteiger partial charge on any atom is 0.255 e. The number of rotatable bonds is 2. The first-order valence-corrected chi connectivity index (χ1v) is 9.44. The second kappa shape index (κ2) is 6.98. The maximum atomic E-state index is 12.9. The molecule has 2 heterocycles. The molecule has 26 heavy (non-hydrogen) atoms. The van der Waals surface area contributed by atoms with Crippen LogP contribution in [0, 0.1) is 0 Å². The molecule has 4 rings (SSSR count). The number of hydrogen-bond acceptors (Lipinski definition) is 2. The van der Waals surface area contributed by atoms with E-state index < -0.39 is 0 Å². The molecule has 136 valence electrons. The third-order valence-corrected chi connectivity index (χ3v) is 5.53. The summed E-state index contributed by atoms with van der Waals surface area (Å²) >= 11 is 0. The molecule has 0 N–H and O–H groups in total. The van der Waals surface area contributed by atoms with Gasteiger partial charge in [0.05, 0.1) is 5.56 Å². The fraction of sp³-hybridized carbons (Fsp3) is 0.429. The van der Waals surface area contributed by atoms with Crippen molar-refractivity contribution < 1.29 is 9.59 Å². The van der Waals surface area contributed by atoms with Gasteiger partial charge in [0.2, 0.25) is 0 Å². The molecular formula is C21H25N3O2. The second-order valence-corrected chi connectivity index (χ2v) is 7.34. The van der Waals surface area contributed by atoms with Crippen LogP contribution in [0.2, 0.25) is 0 Å². The summed E-state index contributed by atoms with van der Waals surface area (Å²) in [5.41, 5.74) is 4.22. The molecule has 2 aliphatic rings. The monoisotopic (exact) mass is 351 g/mol. The quantitative estimate of drug-likeness (QED) is 0.835. The van der Waals surface area contributed by atoms with E-state index in [-0.39, 0.29) is 11.8 Å². The van der Waals surface area contributed by atoms with Gasteiger partial charge in [0.15, 0.2) is 0 Å². The number of piperazine rings is 1. The van der Waals surface area contributed by atoms with Crippen molar-refractivity contribution in [2.45, 2.75) is 25.7 Å². The molecule has 0 saturated carbocycles. The number of carbonyl (C=O) groups excluding carboxylic acids is 2. The number of aryl methyl sites for hydroxylation is 3. The summed E-state index contributed by atoms with van der Waals surface area (Å²) in [4.78, 5) is 29.1. The van der Waals surface area contributed by atoms with Crippen LogP contribution < -0.4 is 0 Å². The van der Waals surface area contributed by atoms with E-state index in [1.54, 1.807) is 0 Å². The number of aromatic nitrogens is 1. The molecule has 2 aromatic rings. The Labute approximate surface area is 154 Å². The highest BCUT2D eigenvalue weighted by Crippen LogP contribution is 2.23. The lowest BCUT2D eigenvalue weighted by Crippen LogP contribution is -2.50. The van der Waals surface area contributed by atoms with Crippen molar-refractivity contribution in [1.29, 1.82) is 0 Å². The summed E-state index contributed by atoms with van der Waals surface area (Å²) in [5, 5.41) is 0. The zero-order chi connectivity index (χ0) is 18.1. The summed E-state index contributed by atoms with van der Waals surface area (Å²) in [7, 11) is 1.91. The van der Waals surface area contributed by atoms with Crippen molar-refractivity contribution in [3.63, 3.8) is 0 Å². The molecule has 0 bridgehead atoms. The zero-order valence-electron chi connectivity index (χ0n) is 15.3. The van der Waals surface area contributed by atoms with Gasteiger partial charge in [0.1, 0.15) is 0 Å². The first-order valence-electron chi connectivity index (χ1n) is 9.44. The van der Waals surface area contributed by atoms with E-state index in [1.807, 2.05) is 45.9 Å². The lowest BCUT2D eigenvalue weighted by Gasteiger charge is -2.35. The predicted octanol–water partition coefficient (Wildman–Crippen LogP) is 2.50. The Morgan fingerprint density at radius 1 is 0.808 bits per heavy atom. The topological polar surface area (TPSA) is 45.6 Å². The van der Waals surface area contributed by atoms with Crippen LogP contribution in [0.3, 0.4) is 0 Å². The number of amides is 2. The fourth-order valence-electron chi connectivity index (χ4n) is 3.97. The van der Waals surface area contributed by atoms with Crippen molar-refractivity contribution >= 4 is 11.8 Å². The van der Waals surface area contributed by atoms with Gasteiger partial charge in [-0.1, -0.05) is 6.07 Å². The smallest absolute Gasteiger partial charge is 0.255 e. The summed E-state index contributed by atoms with van der Waals surface area (Å²) in [6, 6.07) is 8.01. The zero-order valence-corrected chi connectivity index (χ0v) is 15.3. The average molecular weight is 351 g/mol. The van der Waals surface area contributed by atoms with Crippen LogP contribution in [0.4, 0.5) is 0 Å². The molecule has 5 nitrogen and oxygen atoms in total. The van der Waals surface area contributed by atoms with E-state index in [4.69, 9.17) is 0 Å². The number of hydrogen-bond donors (Lipinski definition) is 0. The Balaban J connectivity index is 1.40. The molecule has 1 aliphatic heterocycles. The summed E-state index contributed by atoms with van der Waals surface area (Å²) in [6.45, 7) is 2.36. The molecule has 2 amide bonds. The van der Waals surface area contributed by atoms with Crippen LogP contribution in [0.5, 0.6) is 0 Å². The lowest BCUT2D eigenvalue weighted by atomic mass is 9.90. The molecule has 0 spiro atoms. The molecule has 1 aliphatic carbocycles. The molecule has 0 unspecified atom stereocenters. The molecule has 1 aromatic heterocycles. The van der Waals surface area contributed by atoms with Gasteiger partial charge in [0.25, 0.3) is 11.8 Å². The number of benzene rings is 1. The van der Waals surface area contributed by atoms with Gasteiger partial charge in [-0.3, -0.25) is 9.59 Å². The van der Waals surface area contributed by atoms with Gasteiger partial charge in [0, 0.05) is 51.2 Å². The molecule has 1 aromatic carbocycles. The van der Waals surface area contributed by atoms with Gasteiger partial charge >= 0.3 is 0 Å². The van der Waals surface area contributed by atoms with Gasteiger partial charge < -0.3 is 14.4 Å². The van der Waals surface area contributed by atoms with E-state index in [0.29, 0.717) is 31.7 Å². The minimum absolute atomic E-state index is 0.0477. The Kier molecular flexibility index (Phi) is 4.53. The van der Waals surface area contributed by atoms with Crippen LogP contribution >= 0.6 is 0 Å². The number of carbonyl (C=O) groups is 2. The molecule has 0 radical (unpaired) electrons. The van der Waals surface area contributed by atoms with E-state index >= 15 is 0 Å². The van der Waals surface area contributed by atoms with Crippen LogP contribution in [-0.4, -0.2) is 52.4 Å². The van der Waals surface area contributed by atoms with E-state index in [0.717, 1.165) is 18.4 Å². The summed E-state index contributed by atoms with van der Waals surface area (Å²) in [5.74, 6) is 0.136. The standard InChI is InChI=1S/C21H25N3O2/c1-22-9-8-19(15-22)21(26)24-12-10-23(11-13-24)20(25)18-7-6-16-4-2-3-5-17(16)14-18/h6-9,14-15H,2-5,10-13H2,1H3. The van der Waals surface area contributed by atoms with Gasteiger partial charge in [-0.15, -0.1) is 0 Å². The SMILES string of the molecule is Cn1ccc(C(=O)N2CCN(C(=O)c3ccc4c(c3)CCCC4)CC2)c1. The van der Waals surface area contributed by atoms with Crippen molar-refractivity contribution in [3.05, 3.63) is 58.9 Å². The Morgan fingerprint density at radius 2 is 1.42 bits per heavy atom. The van der Waals surface area contributed by atoms with Crippen molar-refractivity contribution in [2.24, 2.45) is 7.05 Å². The van der Waals surface area contributed by atoms with E-state index in [1.165, 1.54) is 24.0 Å². The summed E-state index contributed by atoms with van der Waals surface area (Å²) in [6.07, 6.45) is 8.39. The maximum absolute atomic E-state index is 12.9. The third-order valence-electron chi connectivity index (χ3n) is 5.53. The van der Waals surface area contributed by atoms with Gasteiger partial charge in [-0.25, -0.2) is 0 Å². The van der Waals surface area contributed by atoms with E-state index in [2.05, 4.69) is 12.1 Å².